The molecule has 0 saturated carbocycles. The molecule has 1 atom stereocenters. The smallest absolute Gasteiger partial charge is 0.242 e. The molecule has 2 N–H and O–H groups in total. The van der Waals surface area contributed by atoms with Crippen LogP contribution in [0.25, 0.3) is 11.1 Å². The maximum atomic E-state index is 12.8. The van der Waals surface area contributed by atoms with Crippen LogP contribution in [0.2, 0.25) is 0 Å². The minimum absolute atomic E-state index is 0.219. The molecule has 0 spiro atoms. The molecular weight excluding hydrogens is 380 g/mol. The Hall–Kier alpha value is -2.58. The SMILES string of the molecule is COc1ccc(-c2ccccc2NC(=O)[C@@H](NS(C)(=O)=O)C(C)C)cc1OC. The van der Waals surface area contributed by atoms with E-state index in [-0.39, 0.29) is 5.92 Å². The number of carbonyl (C=O) groups excluding carboxylic acids is 1. The third-order valence-corrected chi connectivity index (χ3v) is 4.85. The van der Waals surface area contributed by atoms with Gasteiger partial charge in [0.2, 0.25) is 15.9 Å². The second-order valence-corrected chi connectivity index (χ2v) is 8.50. The molecule has 7 nitrogen and oxygen atoms in total. The number of ether oxygens (including phenoxy) is 2. The summed E-state index contributed by atoms with van der Waals surface area (Å²) in [5.41, 5.74) is 2.17. The molecule has 0 fully saturated rings. The van der Waals surface area contributed by atoms with Gasteiger partial charge in [-0.1, -0.05) is 38.1 Å². The van der Waals surface area contributed by atoms with Crippen LogP contribution in [-0.2, 0) is 14.8 Å². The third-order valence-electron chi connectivity index (χ3n) is 4.17. The van der Waals surface area contributed by atoms with Crippen LogP contribution in [0.4, 0.5) is 5.69 Å². The van der Waals surface area contributed by atoms with E-state index in [1.807, 2.05) is 24.3 Å². The molecule has 2 aromatic rings. The lowest BCUT2D eigenvalue weighted by molar-refractivity contribution is -0.118. The second kappa shape index (κ2) is 9.07. The van der Waals surface area contributed by atoms with Crippen molar-refractivity contribution in [3.8, 4) is 22.6 Å². The van der Waals surface area contributed by atoms with E-state index in [0.717, 1.165) is 17.4 Å². The van der Waals surface area contributed by atoms with Crippen molar-refractivity contribution in [2.24, 2.45) is 5.92 Å². The van der Waals surface area contributed by atoms with Gasteiger partial charge in [0.1, 0.15) is 6.04 Å². The maximum absolute atomic E-state index is 12.8. The van der Waals surface area contributed by atoms with Gasteiger partial charge in [0, 0.05) is 11.3 Å². The molecule has 0 unspecified atom stereocenters. The van der Waals surface area contributed by atoms with Crippen molar-refractivity contribution < 1.29 is 22.7 Å². The van der Waals surface area contributed by atoms with Gasteiger partial charge in [-0.3, -0.25) is 4.79 Å². The Labute approximate surface area is 166 Å². The summed E-state index contributed by atoms with van der Waals surface area (Å²) in [6.45, 7) is 3.56. The van der Waals surface area contributed by atoms with E-state index >= 15 is 0 Å². The van der Waals surface area contributed by atoms with Gasteiger partial charge in [-0.25, -0.2) is 13.1 Å². The summed E-state index contributed by atoms with van der Waals surface area (Å²) in [5.74, 6) is 0.529. The highest BCUT2D eigenvalue weighted by Gasteiger charge is 2.26. The Bertz CT molecular complexity index is 941. The molecule has 28 heavy (non-hydrogen) atoms. The van der Waals surface area contributed by atoms with Crippen molar-refractivity contribution in [3.63, 3.8) is 0 Å². The molecule has 2 rings (SSSR count). The van der Waals surface area contributed by atoms with Crippen LogP contribution < -0.4 is 19.5 Å². The summed E-state index contributed by atoms with van der Waals surface area (Å²) < 4.78 is 36.2. The lowest BCUT2D eigenvalue weighted by atomic mass is 10.0. The monoisotopic (exact) mass is 406 g/mol. The van der Waals surface area contributed by atoms with E-state index in [1.54, 1.807) is 46.3 Å². The Morgan fingerprint density at radius 3 is 2.21 bits per heavy atom. The number of methoxy groups -OCH3 is 2. The van der Waals surface area contributed by atoms with Crippen LogP contribution in [0.5, 0.6) is 11.5 Å². The topological polar surface area (TPSA) is 93.7 Å². The van der Waals surface area contributed by atoms with Crippen molar-refractivity contribution in [2.75, 3.05) is 25.8 Å². The van der Waals surface area contributed by atoms with Gasteiger partial charge in [0.15, 0.2) is 11.5 Å². The first-order valence-electron chi connectivity index (χ1n) is 8.76. The Morgan fingerprint density at radius 1 is 1.00 bits per heavy atom. The van der Waals surface area contributed by atoms with Gasteiger partial charge >= 0.3 is 0 Å². The van der Waals surface area contributed by atoms with Crippen molar-refractivity contribution in [1.29, 1.82) is 0 Å². The summed E-state index contributed by atoms with van der Waals surface area (Å²) in [6, 6.07) is 11.9. The number of hydrogen-bond donors (Lipinski definition) is 2. The zero-order valence-corrected chi connectivity index (χ0v) is 17.5. The number of anilines is 1. The molecule has 0 aromatic heterocycles. The number of para-hydroxylation sites is 1. The fraction of sp³-hybridized carbons (Fsp3) is 0.350. The van der Waals surface area contributed by atoms with Gasteiger partial charge in [0.25, 0.3) is 0 Å². The van der Waals surface area contributed by atoms with E-state index < -0.39 is 22.0 Å². The number of benzene rings is 2. The van der Waals surface area contributed by atoms with Gasteiger partial charge < -0.3 is 14.8 Å². The Morgan fingerprint density at radius 2 is 1.64 bits per heavy atom. The summed E-state index contributed by atoms with van der Waals surface area (Å²) in [7, 11) is -0.409. The van der Waals surface area contributed by atoms with Gasteiger partial charge in [-0.15, -0.1) is 0 Å². The zero-order chi connectivity index (χ0) is 20.9. The normalized spacial score (nSPS) is 12.5. The molecule has 152 valence electrons. The van der Waals surface area contributed by atoms with E-state index in [9.17, 15) is 13.2 Å². The second-order valence-electron chi connectivity index (χ2n) is 6.72. The van der Waals surface area contributed by atoms with Crippen LogP contribution in [-0.4, -0.2) is 40.8 Å². The van der Waals surface area contributed by atoms with Crippen LogP contribution in [0.3, 0.4) is 0 Å². The zero-order valence-electron chi connectivity index (χ0n) is 16.6. The summed E-state index contributed by atoms with van der Waals surface area (Å²) in [4.78, 5) is 12.8. The highest BCUT2D eigenvalue weighted by atomic mass is 32.2. The summed E-state index contributed by atoms with van der Waals surface area (Å²) in [5, 5.41) is 2.84. The third kappa shape index (κ3) is 5.46. The van der Waals surface area contributed by atoms with Crippen molar-refractivity contribution in [2.45, 2.75) is 19.9 Å². The van der Waals surface area contributed by atoms with Crippen LogP contribution >= 0.6 is 0 Å². The molecule has 0 saturated heterocycles. The maximum Gasteiger partial charge on any atom is 0.242 e. The van der Waals surface area contributed by atoms with Crippen molar-refractivity contribution in [3.05, 3.63) is 42.5 Å². The number of hydrogen-bond acceptors (Lipinski definition) is 5. The largest absolute Gasteiger partial charge is 0.493 e. The Kier molecular flexibility index (Phi) is 7.04. The number of nitrogens with one attached hydrogen (secondary N) is 2. The van der Waals surface area contributed by atoms with Crippen molar-refractivity contribution >= 4 is 21.6 Å². The molecule has 0 bridgehead atoms. The number of amides is 1. The average Bonchev–Trinajstić information content (AvgIpc) is 2.65. The lowest BCUT2D eigenvalue weighted by Gasteiger charge is -2.21. The molecule has 0 radical (unpaired) electrons. The minimum Gasteiger partial charge on any atom is -0.493 e. The predicted molar refractivity (Wildman–Crippen MR) is 110 cm³/mol. The first-order chi connectivity index (χ1) is 13.2. The average molecular weight is 407 g/mol. The Balaban J connectivity index is 2.37. The van der Waals surface area contributed by atoms with Gasteiger partial charge in [0.05, 0.1) is 20.5 Å². The molecule has 0 heterocycles. The fourth-order valence-corrected chi connectivity index (χ4v) is 3.62. The summed E-state index contributed by atoms with van der Waals surface area (Å²) >= 11 is 0. The number of sulfonamides is 1. The molecule has 8 heteroatoms. The first kappa shape index (κ1) is 21.7. The first-order valence-corrected chi connectivity index (χ1v) is 10.6. The molecule has 2 aromatic carbocycles. The number of carbonyl (C=O) groups is 1. The van der Waals surface area contributed by atoms with Gasteiger partial charge in [-0.2, -0.15) is 0 Å². The highest BCUT2D eigenvalue weighted by Crippen LogP contribution is 2.35. The standard InChI is InChI=1S/C20H26N2O5S/c1-13(2)19(22-28(5,24)25)20(23)21-16-9-7-6-8-15(16)14-10-11-17(26-3)18(12-14)27-4/h6-13,19,22H,1-5H3,(H,21,23)/t19-/m0/s1. The van der Waals surface area contributed by atoms with E-state index in [4.69, 9.17) is 9.47 Å². The van der Waals surface area contributed by atoms with Crippen molar-refractivity contribution in [1.82, 2.24) is 4.72 Å². The highest BCUT2D eigenvalue weighted by molar-refractivity contribution is 7.88. The van der Waals surface area contributed by atoms with Crippen LogP contribution in [0.1, 0.15) is 13.8 Å². The predicted octanol–water partition coefficient (Wildman–Crippen LogP) is 2.88. The lowest BCUT2D eigenvalue weighted by Crippen LogP contribution is -2.46. The fourth-order valence-electron chi connectivity index (χ4n) is 2.78. The van der Waals surface area contributed by atoms with E-state index in [1.165, 1.54) is 0 Å². The van der Waals surface area contributed by atoms with Crippen LogP contribution in [0.15, 0.2) is 42.5 Å². The summed E-state index contributed by atoms with van der Waals surface area (Å²) in [6.07, 6.45) is 1.03. The van der Waals surface area contributed by atoms with Crippen LogP contribution in [0, 0.1) is 5.92 Å². The minimum atomic E-state index is -3.53. The molecule has 0 aliphatic heterocycles. The van der Waals surface area contributed by atoms with E-state index in [2.05, 4.69) is 10.0 Å². The quantitative estimate of drug-likeness (QED) is 0.703. The molecule has 0 aliphatic rings. The van der Waals surface area contributed by atoms with Gasteiger partial charge in [-0.05, 0) is 29.7 Å². The molecule has 1 amide bonds. The molecule has 0 aliphatic carbocycles. The molecular formula is C20H26N2O5S. The van der Waals surface area contributed by atoms with E-state index in [0.29, 0.717) is 17.2 Å². The number of rotatable bonds is 8.